The first-order valence-corrected chi connectivity index (χ1v) is 9.47. The molecule has 1 atom stereocenters. The minimum absolute atomic E-state index is 0.776. The summed E-state index contributed by atoms with van der Waals surface area (Å²) in [6, 6.07) is 0. The summed E-state index contributed by atoms with van der Waals surface area (Å²) < 4.78 is 14.1. The molecule has 1 N–H and O–H groups in total. The van der Waals surface area contributed by atoms with Crippen LogP contribution in [0.5, 0.6) is 0 Å². The Balaban J connectivity index is 1.93. The number of hydrogen-bond donors (Lipinski definition) is 1. The second kappa shape index (κ2) is 2.80. The molecule has 0 aromatic rings. The predicted octanol–water partition coefficient (Wildman–Crippen LogP) is 2.33. The Bertz CT molecular complexity index is 202. The van der Waals surface area contributed by atoms with E-state index in [1.54, 1.807) is 0 Å². The zero-order valence-corrected chi connectivity index (χ0v) is 9.25. The van der Waals surface area contributed by atoms with Gasteiger partial charge in [0.2, 0.25) is 0 Å². The third kappa shape index (κ3) is 1.66. The van der Waals surface area contributed by atoms with Gasteiger partial charge in [0.05, 0.1) is 0 Å². The molecule has 0 radical (unpaired) electrons. The second-order valence-corrected chi connectivity index (χ2v) is 11.7. The zero-order valence-electron chi connectivity index (χ0n) is 7.09. The molecule has 0 saturated heterocycles. The van der Waals surface area contributed by atoms with Crippen molar-refractivity contribution < 1.29 is 3.44 Å². The maximum atomic E-state index is 9.96. The van der Waals surface area contributed by atoms with Gasteiger partial charge >= 0.3 is 72.7 Å². The Kier molecular flexibility index (Phi) is 2.08. The van der Waals surface area contributed by atoms with Gasteiger partial charge in [-0.1, -0.05) is 0 Å². The molecule has 1 saturated carbocycles. The van der Waals surface area contributed by atoms with E-state index in [0.717, 1.165) is 14.3 Å². The van der Waals surface area contributed by atoms with Crippen molar-refractivity contribution in [2.45, 2.75) is 36.5 Å². The molecule has 1 aliphatic carbocycles. The van der Waals surface area contributed by atoms with E-state index in [9.17, 15) is 3.44 Å². The molecule has 1 unspecified atom stereocenters. The van der Waals surface area contributed by atoms with Gasteiger partial charge in [-0.05, 0) is 0 Å². The van der Waals surface area contributed by atoms with Gasteiger partial charge in [0.25, 0.3) is 0 Å². The first kappa shape index (κ1) is 8.17. The average molecular weight is 268 g/mol. The van der Waals surface area contributed by atoms with E-state index in [0.29, 0.717) is 0 Å². The van der Waals surface area contributed by atoms with Gasteiger partial charge in [-0.3, -0.25) is 0 Å². The number of hydrogen-bond acceptors (Lipinski definition) is 1. The summed E-state index contributed by atoms with van der Waals surface area (Å²) >= 11 is -2.06. The Labute approximate surface area is 72.7 Å². The summed E-state index contributed by atoms with van der Waals surface area (Å²) in [4.78, 5) is 0. The first-order valence-electron chi connectivity index (χ1n) is 4.49. The molecule has 0 bridgehead atoms. The molecule has 0 aromatic carbocycles. The maximum absolute atomic E-state index is 9.96. The van der Waals surface area contributed by atoms with Crippen LogP contribution in [0.1, 0.15) is 32.6 Å². The molecule has 2 aliphatic rings. The van der Waals surface area contributed by atoms with Crippen molar-refractivity contribution in [1.29, 1.82) is 0 Å². The Morgan fingerprint density at radius 3 is 2.27 bits per heavy atom. The van der Waals surface area contributed by atoms with Crippen molar-refractivity contribution in [3.8, 4) is 0 Å². The Morgan fingerprint density at radius 1 is 1.27 bits per heavy atom. The molecule has 2 rings (SSSR count). The van der Waals surface area contributed by atoms with Crippen LogP contribution in [0.2, 0.25) is 0 Å². The Hall–Kier alpha value is 0.560. The van der Waals surface area contributed by atoms with Crippen LogP contribution in [0, 0.1) is 5.92 Å². The molecule has 0 aromatic heterocycles. The molecular weight excluding hydrogens is 251 g/mol. The molecule has 0 spiro atoms. The molecule has 1 heterocycles. The van der Waals surface area contributed by atoms with E-state index in [1.807, 2.05) is 0 Å². The monoisotopic (exact) mass is 268 g/mol. The van der Waals surface area contributed by atoms with Crippen molar-refractivity contribution in [3.05, 3.63) is 0 Å². The Morgan fingerprint density at radius 2 is 1.82 bits per heavy atom. The van der Waals surface area contributed by atoms with Crippen LogP contribution in [0.25, 0.3) is 0 Å². The molecule has 1 nitrogen and oxygen atoms in total. The van der Waals surface area contributed by atoms with Gasteiger partial charge in [0.1, 0.15) is 0 Å². The fourth-order valence-corrected chi connectivity index (χ4v) is 8.85. The van der Waals surface area contributed by atoms with Gasteiger partial charge in [0.15, 0.2) is 0 Å². The van der Waals surface area contributed by atoms with Crippen LogP contribution >= 0.6 is 18.4 Å². The quantitative estimate of drug-likeness (QED) is 0.571. The fourth-order valence-electron chi connectivity index (χ4n) is 1.91. The van der Waals surface area contributed by atoms with Crippen molar-refractivity contribution in [1.82, 2.24) is 0 Å². The fraction of sp³-hybridized carbons (Fsp3) is 0.889. The van der Waals surface area contributed by atoms with E-state index in [1.165, 1.54) is 25.7 Å². The van der Waals surface area contributed by atoms with Gasteiger partial charge in [-0.25, -0.2) is 0 Å². The van der Waals surface area contributed by atoms with Gasteiger partial charge < -0.3 is 0 Å². The van der Waals surface area contributed by atoms with Gasteiger partial charge in [-0.2, -0.15) is 0 Å². The molecule has 0 amide bonds. The molecule has 1 fully saturated rings. The van der Waals surface area contributed by atoms with E-state index < -0.39 is 18.4 Å². The zero-order chi connectivity index (χ0) is 7.90. The van der Waals surface area contributed by atoms with Crippen molar-refractivity contribution >= 4 is 22.4 Å². The predicted molar refractivity (Wildman–Crippen MR) is 58.6 cm³/mol. The summed E-state index contributed by atoms with van der Waals surface area (Å²) in [5.41, 5.74) is 0. The molecule has 2 heteroatoms. The summed E-state index contributed by atoms with van der Waals surface area (Å²) in [6.07, 6.45) is 5.38. The summed E-state index contributed by atoms with van der Waals surface area (Å²) in [5.74, 6) is 0.926. The van der Waals surface area contributed by atoms with Crippen LogP contribution in [0.4, 0.5) is 0 Å². The number of rotatable bonds is 1. The topological polar surface area (TPSA) is 20.2 Å². The van der Waals surface area contributed by atoms with Crippen LogP contribution in [0.15, 0.2) is 0 Å². The molecule has 66 valence electrons. The van der Waals surface area contributed by atoms with Crippen LogP contribution in [0.3, 0.4) is 0 Å². The third-order valence-electron chi connectivity index (χ3n) is 2.95. The molecular formula is C9H17IO. The van der Waals surface area contributed by atoms with Gasteiger partial charge in [-0.15, -0.1) is 0 Å². The van der Waals surface area contributed by atoms with Crippen LogP contribution < -0.4 is 0 Å². The SMILES string of the molecule is CC1CCC(I2(O)=CC2)CC1. The standard InChI is InChI=1S/C9H17IO/c1-8-2-4-9(5-3-8)10(11)6-7-10/h6,8-9,11H,2-5,7H2,1H3. The van der Waals surface area contributed by atoms with Crippen molar-refractivity contribution in [2.75, 3.05) is 4.43 Å². The normalized spacial score (nSPS) is 55.8. The van der Waals surface area contributed by atoms with E-state index in [4.69, 9.17) is 0 Å². The van der Waals surface area contributed by atoms with Crippen molar-refractivity contribution in [3.63, 3.8) is 0 Å². The summed E-state index contributed by atoms with van der Waals surface area (Å²) in [7, 11) is 0. The third-order valence-corrected chi connectivity index (χ3v) is 9.93. The average Bonchev–Trinajstić information content (AvgIpc) is 2.70. The molecule has 11 heavy (non-hydrogen) atoms. The van der Waals surface area contributed by atoms with E-state index in [2.05, 4.69) is 10.9 Å². The minimum atomic E-state index is -2.06. The number of halogens is 1. The molecule has 1 aliphatic heterocycles. The first-order chi connectivity index (χ1) is 5.21. The summed E-state index contributed by atoms with van der Waals surface area (Å²) in [5, 5.41) is 0. The van der Waals surface area contributed by atoms with E-state index in [-0.39, 0.29) is 0 Å². The number of alkyl halides is 2. The van der Waals surface area contributed by atoms with Crippen LogP contribution in [-0.2, 0) is 0 Å². The van der Waals surface area contributed by atoms with Crippen LogP contribution in [-0.4, -0.2) is 15.8 Å². The summed E-state index contributed by atoms with van der Waals surface area (Å²) in [6.45, 7) is 2.34. The second-order valence-electron chi connectivity index (χ2n) is 3.92. The van der Waals surface area contributed by atoms with Crippen molar-refractivity contribution in [2.24, 2.45) is 5.92 Å². The van der Waals surface area contributed by atoms with Gasteiger partial charge in [0, 0.05) is 0 Å². The van der Waals surface area contributed by atoms with E-state index >= 15 is 0 Å².